The van der Waals surface area contributed by atoms with Crippen LogP contribution in [0.1, 0.15) is 189 Å². The molecule has 548 valence electrons. The number of morpholine rings is 1. The summed E-state index contributed by atoms with van der Waals surface area (Å²) in [5, 5.41) is 2.86. The van der Waals surface area contributed by atoms with Gasteiger partial charge in [0.05, 0.1) is 25.3 Å². The lowest BCUT2D eigenvalue weighted by atomic mass is 9.82. The summed E-state index contributed by atoms with van der Waals surface area (Å²) in [5.41, 5.74) is 0. The highest BCUT2D eigenvalue weighted by Gasteiger charge is 2.47. The van der Waals surface area contributed by atoms with Crippen LogP contribution in [0.2, 0.25) is 0 Å². The minimum absolute atomic E-state index is 0.000132. The fourth-order valence-corrected chi connectivity index (χ4v) is 13.6. The average molecular weight is 1350 g/mol. The van der Waals surface area contributed by atoms with Gasteiger partial charge in [0.2, 0.25) is 47.3 Å². The van der Waals surface area contributed by atoms with Crippen molar-refractivity contribution in [3.8, 4) is 0 Å². The van der Waals surface area contributed by atoms with E-state index < -0.39 is 149 Å². The van der Waals surface area contributed by atoms with Crippen LogP contribution >= 0.6 is 0 Å². The van der Waals surface area contributed by atoms with Gasteiger partial charge in [-0.2, -0.15) is 0 Å². The molecule has 2 aliphatic rings. The Morgan fingerprint density at radius 2 is 1.02 bits per heavy atom. The van der Waals surface area contributed by atoms with Gasteiger partial charge in [-0.3, -0.25) is 62.4 Å². The van der Waals surface area contributed by atoms with E-state index in [9.17, 15) is 24.0 Å². The van der Waals surface area contributed by atoms with Gasteiger partial charge in [-0.25, -0.2) is 0 Å². The highest BCUT2D eigenvalue weighted by molar-refractivity contribution is 6.00. The Morgan fingerprint density at radius 3 is 1.51 bits per heavy atom. The first-order valence-electron chi connectivity index (χ1n) is 35.4. The number of Topliss-reactive ketones (excluding diaryl/α,β-unsaturated/α-hetero) is 3. The first kappa shape index (κ1) is 86.0. The summed E-state index contributed by atoms with van der Waals surface area (Å²) in [7, 11) is 10.3. The number of allylic oxidation sites excluding steroid dienone is 2. The SMILES string of the molecule is C/C=C/C[C@@H](C)[C@@H](OC(C)=O)[C@H]1C(=O)N[C@@H](CC)C(=O)N(C)[C@H](C)C(=O)N(C)[C@@H]([C@H](C)CCCN2CCOCC2)C(=O)C[C@@H](C(C)C)C(=O)N(C)[C@@H](CC(C)C)C(=O)C[C@@H](C)C(=O)C[C@H](C)C(=O)N(C)[C@@H](CC(C)C)C(=O)N(C)[C@@H](CC(C)C)C(=O)N(C)[C@@H](C(C)C)C(=O)N1C. The third kappa shape index (κ3) is 24.1. The second kappa shape index (κ2) is 40.1. The van der Waals surface area contributed by atoms with E-state index in [4.69, 9.17) is 9.47 Å². The maximum absolute atomic E-state index is 15.5. The summed E-state index contributed by atoms with van der Waals surface area (Å²) < 4.78 is 11.6. The van der Waals surface area contributed by atoms with Crippen molar-refractivity contribution in [2.75, 3.05) is 82.2 Å². The average Bonchev–Trinajstić information content (AvgIpc) is 0.808. The van der Waals surface area contributed by atoms with Crippen LogP contribution in [0.5, 0.6) is 0 Å². The number of esters is 1. The molecule has 0 saturated carbocycles. The Hall–Kier alpha value is -6.10. The standard InChI is InChI=1S/C73H127N9O14/c1-26-28-30-49(14)65(96-53(18)83)64-66(87)74-55(27-2)70(91)75(19)52(17)68(89)80(24)63(48(13)31-29-32-82-33-35-95-36-34-82)61(86)42-54(46(9)10)69(90)76(20)56(37-43(3)4)60(85)40-50(15)59(84)41-51(16)67(88)77(21)57(38-44(5)6)71(92)78(22)58(39-45(7)8)72(93)79(23)62(47(11)12)73(94)81(64)25/h26,28,43-52,54-58,62-65H,27,29-42H2,1-25H3,(H,74,87)/b28-26+/t48-,49-,50-,51+,52-,54+,55+,56+,57+,58+,62+,63+,64+,65-/m1/s1. The number of hydrogen-bond donors (Lipinski definition) is 1. The third-order valence-electron chi connectivity index (χ3n) is 19.8. The molecule has 23 heteroatoms. The van der Waals surface area contributed by atoms with Crippen molar-refractivity contribution in [3.63, 3.8) is 0 Å². The van der Waals surface area contributed by atoms with Gasteiger partial charge < -0.3 is 49.1 Å². The second-order valence-corrected chi connectivity index (χ2v) is 29.9. The number of ether oxygens (including phenoxy) is 2. The molecule has 0 spiro atoms. The minimum atomic E-state index is -1.61. The molecule has 0 bridgehead atoms. The molecule has 2 aliphatic heterocycles. The van der Waals surface area contributed by atoms with E-state index >= 15 is 33.6 Å². The van der Waals surface area contributed by atoms with E-state index in [-0.39, 0.29) is 80.0 Å². The first-order chi connectivity index (χ1) is 44.6. The van der Waals surface area contributed by atoms with Gasteiger partial charge >= 0.3 is 5.97 Å². The Labute approximate surface area is 576 Å². The van der Waals surface area contributed by atoms with E-state index in [0.29, 0.717) is 32.5 Å². The lowest BCUT2D eigenvalue weighted by Crippen LogP contribution is -2.64. The molecular weight excluding hydrogens is 1230 g/mol. The quantitative estimate of drug-likeness (QED) is 0.0990. The lowest BCUT2D eigenvalue weighted by Gasteiger charge is -2.42. The van der Waals surface area contributed by atoms with Crippen LogP contribution in [0, 0.1) is 59.2 Å². The zero-order chi connectivity index (χ0) is 73.7. The van der Waals surface area contributed by atoms with E-state index in [1.165, 1.54) is 85.5 Å². The second-order valence-electron chi connectivity index (χ2n) is 29.9. The van der Waals surface area contributed by atoms with Crippen molar-refractivity contribution >= 4 is 70.6 Å². The molecule has 2 rings (SSSR count). The predicted octanol–water partition coefficient (Wildman–Crippen LogP) is 7.20. The van der Waals surface area contributed by atoms with Crippen molar-refractivity contribution in [1.29, 1.82) is 0 Å². The molecule has 0 aromatic carbocycles. The normalized spacial score (nSPS) is 27.6. The summed E-state index contributed by atoms with van der Waals surface area (Å²) in [6.07, 6.45) is 3.61. The number of rotatable bonds is 19. The number of carbonyl (C=O) groups is 12. The van der Waals surface area contributed by atoms with E-state index in [0.717, 1.165) is 24.5 Å². The summed E-state index contributed by atoms with van der Waals surface area (Å²) >= 11 is 0. The van der Waals surface area contributed by atoms with Crippen molar-refractivity contribution in [2.24, 2.45) is 59.2 Å². The Bertz CT molecular complexity index is 2660. The summed E-state index contributed by atoms with van der Waals surface area (Å²) in [5.74, 6) is -12.0. The van der Waals surface area contributed by atoms with Crippen molar-refractivity contribution in [2.45, 2.75) is 243 Å². The van der Waals surface area contributed by atoms with E-state index in [1.54, 1.807) is 54.7 Å². The highest BCUT2D eigenvalue weighted by atomic mass is 16.5. The van der Waals surface area contributed by atoms with Crippen LogP contribution in [0.4, 0.5) is 0 Å². The van der Waals surface area contributed by atoms with Crippen LogP contribution < -0.4 is 5.32 Å². The molecule has 23 nitrogen and oxygen atoms in total. The Balaban J connectivity index is 3.10. The maximum Gasteiger partial charge on any atom is 0.303 e. The number of nitrogens with zero attached hydrogens (tertiary/aromatic N) is 8. The molecule has 0 aromatic heterocycles. The molecule has 0 radical (unpaired) electrons. The van der Waals surface area contributed by atoms with E-state index in [1.807, 2.05) is 75.3 Å². The largest absolute Gasteiger partial charge is 0.459 e. The number of nitrogens with one attached hydrogen (secondary N) is 1. The van der Waals surface area contributed by atoms with Crippen LogP contribution in [0.25, 0.3) is 0 Å². The van der Waals surface area contributed by atoms with Gasteiger partial charge in [-0.15, -0.1) is 0 Å². The zero-order valence-electron chi connectivity index (χ0n) is 63.5. The molecule has 2 fully saturated rings. The van der Waals surface area contributed by atoms with Gasteiger partial charge in [-0.1, -0.05) is 116 Å². The van der Waals surface area contributed by atoms with Gasteiger partial charge in [0.1, 0.15) is 48.1 Å². The zero-order valence-corrected chi connectivity index (χ0v) is 63.5. The molecule has 96 heavy (non-hydrogen) atoms. The first-order valence-corrected chi connectivity index (χ1v) is 35.4. The van der Waals surface area contributed by atoms with Gasteiger partial charge in [0.15, 0.2) is 11.6 Å². The number of amides is 8. The molecule has 2 saturated heterocycles. The summed E-state index contributed by atoms with van der Waals surface area (Å²) in [6, 6.07) is -9.75. The van der Waals surface area contributed by atoms with Crippen molar-refractivity contribution < 1.29 is 67.0 Å². The molecular formula is C73H127N9O14. The van der Waals surface area contributed by atoms with Crippen LogP contribution in [-0.2, 0) is 67.0 Å². The molecule has 14 atom stereocenters. The lowest BCUT2D eigenvalue weighted by molar-refractivity contribution is -0.164. The monoisotopic (exact) mass is 1350 g/mol. The third-order valence-corrected chi connectivity index (χ3v) is 19.8. The van der Waals surface area contributed by atoms with Gasteiger partial charge in [0.25, 0.3) is 0 Å². The van der Waals surface area contributed by atoms with Crippen LogP contribution in [0.15, 0.2) is 12.2 Å². The smallest absolute Gasteiger partial charge is 0.303 e. The fraction of sp³-hybridized carbons (Fsp3) is 0.808. The predicted molar refractivity (Wildman–Crippen MR) is 372 cm³/mol. The van der Waals surface area contributed by atoms with Gasteiger partial charge in [0, 0.05) is 106 Å². The fourth-order valence-electron chi connectivity index (χ4n) is 13.6. The summed E-state index contributed by atoms with van der Waals surface area (Å²) in [4.78, 5) is 190. The van der Waals surface area contributed by atoms with Crippen molar-refractivity contribution in [1.82, 2.24) is 44.5 Å². The topological polar surface area (TPSA) is 261 Å². The Morgan fingerprint density at radius 1 is 0.542 bits per heavy atom. The van der Waals surface area contributed by atoms with Crippen LogP contribution in [0.3, 0.4) is 0 Å². The molecule has 1 N–H and O–H groups in total. The Kier molecular flexibility index (Phi) is 35.9. The minimum Gasteiger partial charge on any atom is -0.459 e. The number of carbonyl (C=O) groups excluding carboxylic acids is 12. The molecule has 0 aliphatic carbocycles. The van der Waals surface area contributed by atoms with Crippen molar-refractivity contribution in [3.05, 3.63) is 12.2 Å². The summed E-state index contributed by atoms with van der Waals surface area (Å²) in [6.45, 7) is 35.0. The molecule has 0 unspecified atom stereocenters. The number of likely N-dealkylation sites (N-methyl/N-ethyl adjacent to an activating group) is 7. The number of hydrogen-bond acceptors (Lipinski definition) is 15. The molecule has 2 heterocycles. The maximum atomic E-state index is 15.5. The molecule has 0 aromatic rings. The van der Waals surface area contributed by atoms with Crippen LogP contribution in [-0.4, -0.2) is 246 Å². The van der Waals surface area contributed by atoms with Gasteiger partial charge in [-0.05, 0) is 107 Å². The number of ketones is 3. The van der Waals surface area contributed by atoms with E-state index in [2.05, 4.69) is 10.2 Å². The highest BCUT2D eigenvalue weighted by Crippen LogP contribution is 2.31. The molecule has 8 amide bonds.